The van der Waals surface area contributed by atoms with Gasteiger partial charge in [-0.3, -0.25) is 19.6 Å². The van der Waals surface area contributed by atoms with E-state index in [0.29, 0.717) is 17.1 Å². The van der Waals surface area contributed by atoms with Crippen LogP contribution in [0.25, 0.3) is 0 Å². The number of rotatable bonds is 8. The fourth-order valence-electron chi connectivity index (χ4n) is 3.07. The standard InChI is InChI=1S/C24H18BrN5O4/c25-19-11-9-17(10-12-19)15-29-16-22(30(32)33)23(28-29)24(31)27-26-14-18-5-4-8-21(13-18)34-20-6-2-1-3-7-20/h1-14,16H,15H2,(H,27,31)/b26-14+. The Labute approximate surface area is 203 Å². The van der Waals surface area contributed by atoms with Crippen molar-refractivity contribution in [2.75, 3.05) is 0 Å². The summed E-state index contributed by atoms with van der Waals surface area (Å²) in [6.45, 7) is 0.277. The first-order chi connectivity index (χ1) is 16.5. The van der Waals surface area contributed by atoms with Crippen molar-refractivity contribution in [3.05, 3.63) is 116 Å². The summed E-state index contributed by atoms with van der Waals surface area (Å²) < 4.78 is 8.04. The van der Waals surface area contributed by atoms with E-state index in [2.05, 4.69) is 31.6 Å². The molecule has 3 aromatic carbocycles. The number of halogens is 1. The van der Waals surface area contributed by atoms with Crippen LogP contribution in [0.1, 0.15) is 21.6 Å². The SMILES string of the molecule is O=C(N/N=C/c1cccc(Oc2ccccc2)c1)c1nn(Cc2ccc(Br)cc2)cc1[N+](=O)[O-]. The van der Waals surface area contributed by atoms with Gasteiger partial charge in [0.15, 0.2) is 0 Å². The molecule has 9 nitrogen and oxygen atoms in total. The summed E-state index contributed by atoms with van der Waals surface area (Å²) >= 11 is 3.36. The van der Waals surface area contributed by atoms with Gasteiger partial charge in [-0.1, -0.05) is 58.4 Å². The van der Waals surface area contributed by atoms with Crippen molar-refractivity contribution >= 4 is 33.7 Å². The van der Waals surface area contributed by atoms with E-state index in [0.717, 1.165) is 10.0 Å². The van der Waals surface area contributed by atoms with Crippen molar-refractivity contribution in [3.8, 4) is 11.5 Å². The van der Waals surface area contributed by atoms with Crippen molar-refractivity contribution in [3.63, 3.8) is 0 Å². The van der Waals surface area contributed by atoms with Crippen molar-refractivity contribution < 1.29 is 14.5 Å². The maximum atomic E-state index is 12.5. The maximum absolute atomic E-state index is 12.5. The molecule has 4 aromatic rings. The lowest BCUT2D eigenvalue weighted by Crippen LogP contribution is -2.19. The number of carbonyl (C=O) groups excluding carboxylic acids is 1. The molecule has 0 spiro atoms. The summed E-state index contributed by atoms with van der Waals surface area (Å²) in [6.07, 6.45) is 2.64. The molecule has 0 bridgehead atoms. The Morgan fingerprint density at radius 1 is 1.09 bits per heavy atom. The van der Waals surface area contributed by atoms with E-state index in [1.807, 2.05) is 54.6 Å². The van der Waals surface area contributed by atoms with Gasteiger partial charge in [-0.25, -0.2) is 5.43 Å². The minimum absolute atomic E-state index is 0.277. The van der Waals surface area contributed by atoms with E-state index in [1.165, 1.54) is 17.1 Å². The number of nitrogens with one attached hydrogen (secondary N) is 1. The van der Waals surface area contributed by atoms with Gasteiger partial charge in [-0.2, -0.15) is 10.2 Å². The molecule has 0 aliphatic carbocycles. The number of carbonyl (C=O) groups is 1. The highest BCUT2D eigenvalue weighted by Crippen LogP contribution is 2.21. The zero-order valence-electron chi connectivity index (χ0n) is 17.7. The molecule has 0 atom stereocenters. The second kappa shape index (κ2) is 10.5. The van der Waals surface area contributed by atoms with Crippen molar-refractivity contribution in [2.45, 2.75) is 6.54 Å². The summed E-state index contributed by atoms with van der Waals surface area (Å²) in [7, 11) is 0. The topological polar surface area (TPSA) is 112 Å². The summed E-state index contributed by atoms with van der Waals surface area (Å²) in [6, 6.07) is 23.9. The van der Waals surface area contributed by atoms with Gasteiger partial charge in [0, 0.05) is 4.47 Å². The number of hydrazone groups is 1. The van der Waals surface area contributed by atoms with Gasteiger partial charge in [0.2, 0.25) is 5.69 Å². The smallest absolute Gasteiger partial charge is 0.320 e. The van der Waals surface area contributed by atoms with Crippen LogP contribution < -0.4 is 10.2 Å². The number of para-hydroxylation sites is 1. The van der Waals surface area contributed by atoms with Crippen LogP contribution in [0.3, 0.4) is 0 Å². The molecule has 0 fully saturated rings. The van der Waals surface area contributed by atoms with Crippen LogP contribution in [0.2, 0.25) is 0 Å². The number of ether oxygens (including phenoxy) is 1. The zero-order valence-corrected chi connectivity index (χ0v) is 19.3. The van der Waals surface area contributed by atoms with E-state index < -0.39 is 16.5 Å². The zero-order chi connectivity index (χ0) is 23.9. The normalized spacial score (nSPS) is 10.9. The first-order valence-corrected chi connectivity index (χ1v) is 10.9. The third kappa shape index (κ3) is 5.93. The molecule has 34 heavy (non-hydrogen) atoms. The van der Waals surface area contributed by atoms with E-state index in [9.17, 15) is 14.9 Å². The quantitative estimate of drug-likeness (QED) is 0.196. The minimum atomic E-state index is -0.783. The third-order valence-corrected chi connectivity index (χ3v) is 5.16. The van der Waals surface area contributed by atoms with Gasteiger partial charge in [0.1, 0.15) is 17.7 Å². The molecule has 1 heterocycles. The Bertz CT molecular complexity index is 1340. The first-order valence-electron chi connectivity index (χ1n) is 10.1. The number of aromatic nitrogens is 2. The maximum Gasteiger partial charge on any atom is 0.320 e. The Hall–Kier alpha value is -4.31. The Morgan fingerprint density at radius 2 is 1.82 bits per heavy atom. The number of hydrogen-bond donors (Lipinski definition) is 1. The number of nitro groups is 1. The van der Waals surface area contributed by atoms with Crippen LogP contribution in [-0.2, 0) is 6.54 Å². The molecule has 0 radical (unpaired) electrons. The van der Waals surface area contributed by atoms with Crippen LogP contribution in [0.5, 0.6) is 11.5 Å². The van der Waals surface area contributed by atoms with Gasteiger partial charge in [0.05, 0.1) is 17.7 Å². The summed E-state index contributed by atoms with van der Waals surface area (Å²) in [5.74, 6) is 0.508. The highest BCUT2D eigenvalue weighted by molar-refractivity contribution is 9.10. The predicted octanol–water partition coefficient (Wildman–Crippen LogP) is 5.16. The van der Waals surface area contributed by atoms with Gasteiger partial charge < -0.3 is 4.74 Å². The molecule has 0 saturated carbocycles. The van der Waals surface area contributed by atoms with Crippen LogP contribution in [-0.4, -0.2) is 26.8 Å². The molecule has 1 amide bonds. The number of nitrogens with zero attached hydrogens (tertiary/aromatic N) is 4. The summed E-state index contributed by atoms with van der Waals surface area (Å²) in [4.78, 5) is 23.3. The van der Waals surface area contributed by atoms with E-state index in [4.69, 9.17) is 4.74 Å². The van der Waals surface area contributed by atoms with Crippen LogP contribution >= 0.6 is 15.9 Å². The van der Waals surface area contributed by atoms with Crippen LogP contribution in [0.15, 0.2) is 94.6 Å². The molecule has 0 aliphatic rings. The van der Waals surface area contributed by atoms with E-state index >= 15 is 0 Å². The average molecular weight is 520 g/mol. The lowest BCUT2D eigenvalue weighted by Gasteiger charge is -2.05. The molecule has 0 aliphatic heterocycles. The molecule has 170 valence electrons. The van der Waals surface area contributed by atoms with Crippen LogP contribution in [0, 0.1) is 10.1 Å². The summed E-state index contributed by atoms with van der Waals surface area (Å²) in [5.41, 5.74) is 3.13. The average Bonchev–Trinajstić information content (AvgIpc) is 3.26. The number of benzene rings is 3. The number of hydrogen-bond acceptors (Lipinski definition) is 6. The Kier molecular flexibility index (Phi) is 7.09. The second-order valence-corrected chi connectivity index (χ2v) is 8.05. The highest BCUT2D eigenvalue weighted by atomic mass is 79.9. The lowest BCUT2D eigenvalue weighted by molar-refractivity contribution is -0.385. The molecule has 1 aromatic heterocycles. The Morgan fingerprint density at radius 3 is 2.56 bits per heavy atom. The van der Waals surface area contributed by atoms with Gasteiger partial charge in [0.25, 0.3) is 5.91 Å². The molecule has 4 rings (SSSR count). The van der Waals surface area contributed by atoms with Crippen LogP contribution in [0.4, 0.5) is 5.69 Å². The second-order valence-electron chi connectivity index (χ2n) is 7.13. The first kappa shape index (κ1) is 22.9. The molecular weight excluding hydrogens is 502 g/mol. The fraction of sp³-hybridized carbons (Fsp3) is 0.0417. The van der Waals surface area contributed by atoms with E-state index in [-0.39, 0.29) is 12.2 Å². The molecule has 1 N–H and O–H groups in total. The predicted molar refractivity (Wildman–Crippen MR) is 130 cm³/mol. The van der Waals surface area contributed by atoms with Gasteiger partial charge >= 0.3 is 5.69 Å². The molecule has 10 heteroatoms. The van der Waals surface area contributed by atoms with E-state index in [1.54, 1.807) is 24.3 Å². The summed E-state index contributed by atoms with van der Waals surface area (Å²) in [5, 5.41) is 19.4. The molecule has 0 unspecified atom stereocenters. The Balaban J connectivity index is 1.44. The van der Waals surface area contributed by atoms with Gasteiger partial charge in [-0.05, 0) is 47.5 Å². The molecular formula is C24H18BrN5O4. The van der Waals surface area contributed by atoms with Crippen molar-refractivity contribution in [2.24, 2.45) is 5.10 Å². The fourth-order valence-corrected chi connectivity index (χ4v) is 3.33. The highest BCUT2D eigenvalue weighted by Gasteiger charge is 2.25. The molecule has 0 saturated heterocycles. The third-order valence-electron chi connectivity index (χ3n) is 4.63. The van der Waals surface area contributed by atoms with Crippen molar-refractivity contribution in [1.82, 2.24) is 15.2 Å². The minimum Gasteiger partial charge on any atom is -0.457 e. The lowest BCUT2D eigenvalue weighted by atomic mass is 10.2. The number of amides is 1. The largest absolute Gasteiger partial charge is 0.457 e. The monoisotopic (exact) mass is 519 g/mol. The van der Waals surface area contributed by atoms with Crippen molar-refractivity contribution in [1.29, 1.82) is 0 Å². The van der Waals surface area contributed by atoms with Gasteiger partial charge in [-0.15, -0.1) is 0 Å².